The molecule has 3 atom stereocenters. The normalized spacial score (nSPS) is 40.4. The van der Waals surface area contributed by atoms with E-state index in [9.17, 15) is 9.90 Å². The second-order valence-electron chi connectivity index (χ2n) is 6.34. The highest BCUT2D eigenvalue weighted by molar-refractivity contribution is 5.76. The van der Waals surface area contributed by atoms with Gasteiger partial charge in [-0.25, -0.2) is 0 Å². The molecule has 0 unspecified atom stereocenters. The average Bonchev–Trinajstić information content (AvgIpc) is 2.83. The lowest BCUT2D eigenvalue weighted by molar-refractivity contribution is -0.129. The summed E-state index contributed by atoms with van der Waals surface area (Å²) in [4.78, 5) is 13.5. The number of carbonyl (C=O) groups excluding carboxylic acids is 1. The van der Waals surface area contributed by atoms with Crippen LogP contribution in [0.25, 0.3) is 0 Å². The van der Waals surface area contributed by atoms with Crippen LogP contribution in [-0.2, 0) is 4.79 Å². The maximum Gasteiger partial charge on any atom is 0.222 e. The molecule has 3 heteroatoms. The second kappa shape index (κ2) is 4.27. The van der Waals surface area contributed by atoms with Crippen molar-refractivity contribution in [3.05, 3.63) is 0 Å². The molecular weight excluding hydrogens is 214 g/mol. The smallest absolute Gasteiger partial charge is 0.222 e. The van der Waals surface area contributed by atoms with E-state index in [0.29, 0.717) is 12.3 Å². The maximum atomic E-state index is 11.9. The molecule has 1 N–H and O–H groups in total. The van der Waals surface area contributed by atoms with Crippen molar-refractivity contribution in [1.29, 1.82) is 0 Å². The third-order valence-electron chi connectivity index (χ3n) is 5.47. The van der Waals surface area contributed by atoms with Gasteiger partial charge >= 0.3 is 0 Å². The largest absolute Gasteiger partial charge is 0.396 e. The van der Waals surface area contributed by atoms with E-state index in [4.69, 9.17) is 0 Å². The molecule has 1 amide bonds. The Labute approximate surface area is 104 Å². The third-order valence-corrected chi connectivity index (χ3v) is 5.47. The molecule has 0 aromatic rings. The number of amides is 1. The highest BCUT2D eigenvalue weighted by Crippen LogP contribution is 2.75. The summed E-state index contributed by atoms with van der Waals surface area (Å²) in [6.07, 6.45) is 6.65. The topological polar surface area (TPSA) is 40.5 Å². The molecule has 2 aliphatic rings. The zero-order valence-corrected chi connectivity index (χ0v) is 11.3. The highest BCUT2D eigenvalue weighted by atomic mass is 16.3. The molecule has 17 heavy (non-hydrogen) atoms. The Morgan fingerprint density at radius 1 is 1.29 bits per heavy atom. The summed E-state index contributed by atoms with van der Waals surface area (Å²) in [5.74, 6) is 0.604. The number of carbonyl (C=O) groups is 1. The first-order valence-electron chi connectivity index (χ1n) is 6.79. The van der Waals surface area contributed by atoms with Crippen molar-refractivity contribution in [2.45, 2.75) is 45.4 Å². The highest BCUT2D eigenvalue weighted by Gasteiger charge is 2.72. The van der Waals surface area contributed by atoms with Crippen LogP contribution in [0.3, 0.4) is 0 Å². The zero-order chi connectivity index (χ0) is 12.7. The van der Waals surface area contributed by atoms with E-state index >= 15 is 0 Å². The van der Waals surface area contributed by atoms with Crippen molar-refractivity contribution in [2.75, 3.05) is 20.7 Å². The van der Waals surface area contributed by atoms with Crippen molar-refractivity contribution >= 4 is 5.91 Å². The first-order valence-corrected chi connectivity index (χ1v) is 6.79. The van der Waals surface area contributed by atoms with Crippen LogP contribution in [0, 0.1) is 16.7 Å². The summed E-state index contributed by atoms with van der Waals surface area (Å²) in [7, 11) is 3.63. The van der Waals surface area contributed by atoms with E-state index in [1.165, 1.54) is 25.7 Å². The molecule has 0 aliphatic heterocycles. The Hall–Kier alpha value is -0.570. The van der Waals surface area contributed by atoms with Gasteiger partial charge in [-0.1, -0.05) is 26.2 Å². The molecule has 0 aromatic carbocycles. The number of fused-ring (bicyclic) bond motifs is 1. The Morgan fingerprint density at radius 3 is 2.53 bits per heavy atom. The summed E-state index contributed by atoms with van der Waals surface area (Å²) in [5, 5.41) is 9.78. The molecule has 2 aliphatic carbocycles. The minimum absolute atomic E-state index is 0.0508. The van der Waals surface area contributed by atoms with Gasteiger partial charge in [0.25, 0.3) is 0 Å². The summed E-state index contributed by atoms with van der Waals surface area (Å²) in [6, 6.07) is 0. The van der Waals surface area contributed by atoms with Gasteiger partial charge in [0, 0.05) is 32.5 Å². The first kappa shape index (κ1) is 12.9. The van der Waals surface area contributed by atoms with Crippen molar-refractivity contribution in [1.82, 2.24) is 4.90 Å². The number of hydrogen-bond acceptors (Lipinski definition) is 2. The van der Waals surface area contributed by atoms with Crippen molar-refractivity contribution in [3.63, 3.8) is 0 Å². The lowest BCUT2D eigenvalue weighted by atomic mass is 9.90. The van der Waals surface area contributed by atoms with Gasteiger partial charge in [0.1, 0.15) is 0 Å². The number of aliphatic hydroxyl groups excluding tert-OH is 1. The number of aliphatic hydroxyl groups is 1. The van der Waals surface area contributed by atoms with Crippen molar-refractivity contribution < 1.29 is 9.90 Å². The minimum Gasteiger partial charge on any atom is -0.396 e. The molecule has 0 aromatic heterocycles. The lowest BCUT2D eigenvalue weighted by Gasteiger charge is -2.16. The van der Waals surface area contributed by atoms with E-state index in [1.54, 1.807) is 4.90 Å². The first-order chi connectivity index (χ1) is 7.98. The Balaban J connectivity index is 2.11. The van der Waals surface area contributed by atoms with Gasteiger partial charge in [-0.05, 0) is 24.2 Å². The SMILES string of the molecule is CN(C)C(=O)C[C@@H]1[C@]2(CO)CCCCC[C@]12C. The quantitative estimate of drug-likeness (QED) is 0.819. The molecule has 0 heterocycles. The summed E-state index contributed by atoms with van der Waals surface area (Å²) < 4.78 is 0. The monoisotopic (exact) mass is 239 g/mol. The summed E-state index contributed by atoms with van der Waals surface area (Å²) in [5.41, 5.74) is 0.263. The van der Waals surface area contributed by atoms with Crippen molar-refractivity contribution in [3.8, 4) is 0 Å². The number of rotatable bonds is 3. The minimum atomic E-state index is 0.0508. The van der Waals surface area contributed by atoms with Gasteiger partial charge in [-0.15, -0.1) is 0 Å². The van der Waals surface area contributed by atoms with Crippen LogP contribution in [0.15, 0.2) is 0 Å². The van der Waals surface area contributed by atoms with E-state index in [1.807, 2.05) is 14.1 Å². The van der Waals surface area contributed by atoms with Gasteiger partial charge in [0.15, 0.2) is 0 Å². The Morgan fingerprint density at radius 2 is 1.94 bits per heavy atom. The van der Waals surface area contributed by atoms with Crippen molar-refractivity contribution in [2.24, 2.45) is 16.7 Å². The van der Waals surface area contributed by atoms with Gasteiger partial charge < -0.3 is 10.0 Å². The van der Waals surface area contributed by atoms with E-state index in [-0.39, 0.29) is 23.3 Å². The fourth-order valence-electron chi connectivity index (χ4n) is 4.09. The molecule has 2 fully saturated rings. The van der Waals surface area contributed by atoms with E-state index < -0.39 is 0 Å². The third kappa shape index (κ3) is 1.79. The van der Waals surface area contributed by atoms with Crippen LogP contribution in [0.1, 0.15) is 45.4 Å². The molecule has 0 radical (unpaired) electrons. The Bertz CT molecular complexity index is 315. The molecule has 2 saturated carbocycles. The molecular formula is C14H25NO2. The van der Waals surface area contributed by atoms with Crippen LogP contribution < -0.4 is 0 Å². The number of nitrogens with zero attached hydrogens (tertiary/aromatic N) is 1. The molecule has 98 valence electrons. The van der Waals surface area contributed by atoms with Crippen LogP contribution >= 0.6 is 0 Å². The summed E-state index contributed by atoms with van der Waals surface area (Å²) >= 11 is 0. The van der Waals surface area contributed by atoms with Crippen LogP contribution in [0.2, 0.25) is 0 Å². The van der Waals surface area contributed by atoms with Crippen LogP contribution in [-0.4, -0.2) is 36.6 Å². The average molecular weight is 239 g/mol. The summed E-state index contributed by atoms with van der Waals surface area (Å²) in [6.45, 7) is 2.54. The van der Waals surface area contributed by atoms with Gasteiger partial charge in [-0.3, -0.25) is 4.79 Å². The van der Waals surface area contributed by atoms with E-state index in [0.717, 1.165) is 6.42 Å². The molecule has 0 bridgehead atoms. The molecule has 0 saturated heterocycles. The van der Waals surface area contributed by atoms with Crippen LogP contribution in [0.5, 0.6) is 0 Å². The van der Waals surface area contributed by atoms with Crippen LogP contribution in [0.4, 0.5) is 0 Å². The standard InChI is InChI=1S/C14H25NO2/c1-13-7-5-4-6-8-14(13,10-16)11(13)9-12(17)15(2)3/h11,16H,4-10H2,1-3H3/t11-,13+,14+/m0/s1. The molecule has 3 nitrogen and oxygen atoms in total. The number of hydrogen-bond donors (Lipinski definition) is 1. The van der Waals surface area contributed by atoms with E-state index in [2.05, 4.69) is 6.92 Å². The molecule has 2 rings (SSSR count). The Kier molecular flexibility index (Phi) is 3.23. The second-order valence-corrected chi connectivity index (χ2v) is 6.34. The van der Waals surface area contributed by atoms with Gasteiger partial charge in [-0.2, -0.15) is 0 Å². The fraction of sp³-hybridized carbons (Fsp3) is 0.929. The molecule has 0 spiro atoms. The predicted octanol–water partition coefficient (Wildman–Crippen LogP) is 2.04. The maximum absolute atomic E-state index is 11.9. The van der Waals surface area contributed by atoms with Gasteiger partial charge in [0.2, 0.25) is 5.91 Å². The van der Waals surface area contributed by atoms with Gasteiger partial charge in [0.05, 0.1) is 0 Å². The predicted molar refractivity (Wildman–Crippen MR) is 67.5 cm³/mol. The zero-order valence-electron chi connectivity index (χ0n) is 11.3. The fourth-order valence-corrected chi connectivity index (χ4v) is 4.09. The lowest BCUT2D eigenvalue weighted by Crippen LogP contribution is -2.23.